The minimum absolute atomic E-state index is 0.0388. The number of fused-ring (bicyclic) bond motifs is 1. The van der Waals surface area contributed by atoms with E-state index in [-0.39, 0.29) is 19.1 Å². The third kappa shape index (κ3) is 5.37. The monoisotopic (exact) mass is 432 g/mol. The van der Waals surface area contributed by atoms with Crippen molar-refractivity contribution >= 4 is 17.7 Å². The fraction of sp³-hybridized carbons (Fsp3) is 0.200. The molecule has 0 saturated heterocycles. The SMILES string of the molecule is COc1cccc(CN2Cc3cc(NC(=O)OCc4ccccc4)ccc3OCC2=O)c1. The molecule has 32 heavy (non-hydrogen) atoms. The third-order valence-electron chi connectivity index (χ3n) is 5.09. The van der Waals surface area contributed by atoms with Gasteiger partial charge in [0.15, 0.2) is 6.61 Å². The molecule has 0 spiro atoms. The van der Waals surface area contributed by atoms with Crippen LogP contribution in [0.5, 0.6) is 11.5 Å². The van der Waals surface area contributed by atoms with Crippen LogP contribution in [-0.4, -0.2) is 30.6 Å². The van der Waals surface area contributed by atoms with Gasteiger partial charge in [0, 0.05) is 24.3 Å². The first-order chi connectivity index (χ1) is 15.6. The van der Waals surface area contributed by atoms with E-state index in [0.29, 0.717) is 24.5 Å². The van der Waals surface area contributed by atoms with Gasteiger partial charge < -0.3 is 19.1 Å². The van der Waals surface area contributed by atoms with Crippen LogP contribution >= 0.6 is 0 Å². The Morgan fingerprint density at radius 3 is 2.66 bits per heavy atom. The highest BCUT2D eigenvalue weighted by Gasteiger charge is 2.22. The van der Waals surface area contributed by atoms with Gasteiger partial charge in [0.1, 0.15) is 18.1 Å². The number of benzene rings is 3. The summed E-state index contributed by atoms with van der Waals surface area (Å²) in [5.41, 5.74) is 3.24. The first-order valence-corrected chi connectivity index (χ1v) is 10.2. The summed E-state index contributed by atoms with van der Waals surface area (Å²) < 4.78 is 16.2. The lowest BCUT2D eigenvalue weighted by Crippen LogP contribution is -2.31. The van der Waals surface area contributed by atoms with Crippen LogP contribution in [0.2, 0.25) is 0 Å². The predicted octanol–water partition coefficient (Wildman–Crippen LogP) is 4.37. The lowest BCUT2D eigenvalue weighted by molar-refractivity contribution is -0.133. The molecule has 0 aliphatic carbocycles. The van der Waals surface area contributed by atoms with Crippen molar-refractivity contribution in [1.82, 2.24) is 4.90 Å². The zero-order valence-corrected chi connectivity index (χ0v) is 17.7. The second kappa shape index (κ2) is 9.87. The Labute approximate surface area is 186 Å². The molecular weight excluding hydrogens is 408 g/mol. The van der Waals surface area contributed by atoms with Crippen LogP contribution in [0.3, 0.4) is 0 Å². The molecule has 1 aliphatic rings. The average Bonchev–Trinajstić information content (AvgIpc) is 2.97. The fourth-order valence-corrected chi connectivity index (χ4v) is 3.46. The molecule has 4 rings (SSSR count). The molecule has 3 aromatic rings. The summed E-state index contributed by atoms with van der Waals surface area (Å²) >= 11 is 0. The van der Waals surface area contributed by atoms with Gasteiger partial charge in [-0.2, -0.15) is 0 Å². The van der Waals surface area contributed by atoms with Gasteiger partial charge >= 0.3 is 6.09 Å². The summed E-state index contributed by atoms with van der Waals surface area (Å²) in [5, 5.41) is 2.74. The standard InChI is InChI=1S/C25H24N2O5/c1-30-22-9-5-8-19(12-22)14-27-15-20-13-21(10-11-23(20)31-17-24(27)28)26-25(29)32-16-18-6-3-2-4-7-18/h2-13H,14-17H2,1H3,(H,26,29). The van der Waals surface area contributed by atoms with Gasteiger partial charge in [-0.15, -0.1) is 0 Å². The summed E-state index contributed by atoms with van der Waals surface area (Å²) in [5.74, 6) is 1.25. The molecule has 7 nitrogen and oxygen atoms in total. The van der Waals surface area contributed by atoms with Crippen LogP contribution in [-0.2, 0) is 29.2 Å². The third-order valence-corrected chi connectivity index (χ3v) is 5.09. The van der Waals surface area contributed by atoms with Crippen molar-refractivity contribution < 1.29 is 23.8 Å². The minimum atomic E-state index is -0.548. The highest BCUT2D eigenvalue weighted by molar-refractivity contribution is 5.85. The molecule has 0 radical (unpaired) electrons. The van der Waals surface area contributed by atoms with Crippen LogP contribution in [0.1, 0.15) is 16.7 Å². The molecule has 3 aromatic carbocycles. The van der Waals surface area contributed by atoms with E-state index in [1.54, 1.807) is 30.2 Å². The Bertz CT molecular complexity index is 1100. The van der Waals surface area contributed by atoms with Gasteiger partial charge in [-0.1, -0.05) is 42.5 Å². The molecule has 1 aliphatic heterocycles. The lowest BCUT2D eigenvalue weighted by Gasteiger charge is -2.20. The van der Waals surface area contributed by atoms with E-state index in [9.17, 15) is 9.59 Å². The quantitative estimate of drug-likeness (QED) is 0.626. The number of nitrogens with one attached hydrogen (secondary N) is 1. The molecule has 1 N–H and O–H groups in total. The molecule has 0 aromatic heterocycles. The molecule has 164 valence electrons. The van der Waals surface area contributed by atoms with Crippen molar-refractivity contribution in [2.75, 3.05) is 19.0 Å². The maximum Gasteiger partial charge on any atom is 0.411 e. The van der Waals surface area contributed by atoms with Crippen LogP contribution in [0.4, 0.5) is 10.5 Å². The summed E-state index contributed by atoms with van der Waals surface area (Å²) in [4.78, 5) is 26.5. The number of ether oxygens (including phenoxy) is 3. The number of methoxy groups -OCH3 is 1. The van der Waals surface area contributed by atoms with Crippen molar-refractivity contribution in [2.45, 2.75) is 19.7 Å². The lowest BCUT2D eigenvalue weighted by atomic mass is 10.1. The van der Waals surface area contributed by atoms with Crippen molar-refractivity contribution in [2.24, 2.45) is 0 Å². The summed E-state index contributed by atoms with van der Waals surface area (Å²) in [6, 6.07) is 22.4. The van der Waals surface area contributed by atoms with E-state index < -0.39 is 6.09 Å². The molecule has 2 amide bonds. The normalized spacial score (nSPS) is 12.9. The van der Waals surface area contributed by atoms with Crippen molar-refractivity contribution in [1.29, 1.82) is 0 Å². The molecule has 0 unspecified atom stereocenters. The highest BCUT2D eigenvalue weighted by atomic mass is 16.5. The van der Waals surface area contributed by atoms with Gasteiger partial charge in [-0.25, -0.2) is 4.79 Å². The Hall–Kier alpha value is -4.00. The van der Waals surface area contributed by atoms with E-state index in [1.165, 1.54) is 0 Å². The maximum atomic E-state index is 12.6. The first-order valence-electron chi connectivity index (χ1n) is 10.2. The number of carbonyl (C=O) groups excluding carboxylic acids is 2. The number of amides is 2. The van der Waals surface area contributed by atoms with E-state index in [1.807, 2.05) is 54.6 Å². The predicted molar refractivity (Wildman–Crippen MR) is 119 cm³/mol. The molecule has 0 bridgehead atoms. The van der Waals surface area contributed by atoms with Crippen LogP contribution in [0.15, 0.2) is 72.8 Å². The van der Waals surface area contributed by atoms with E-state index in [0.717, 1.165) is 22.4 Å². The number of hydrogen-bond donors (Lipinski definition) is 1. The Morgan fingerprint density at radius 2 is 1.84 bits per heavy atom. The van der Waals surface area contributed by atoms with Crippen molar-refractivity contribution in [3.8, 4) is 11.5 Å². The molecule has 0 fully saturated rings. The number of carbonyl (C=O) groups is 2. The Kier molecular flexibility index (Phi) is 6.55. The van der Waals surface area contributed by atoms with Crippen molar-refractivity contribution in [3.63, 3.8) is 0 Å². The largest absolute Gasteiger partial charge is 0.497 e. The summed E-state index contributed by atoms with van der Waals surface area (Å²) in [7, 11) is 1.61. The second-order valence-electron chi connectivity index (χ2n) is 7.40. The van der Waals surface area contributed by atoms with Crippen LogP contribution in [0.25, 0.3) is 0 Å². The topological polar surface area (TPSA) is 77.1 Å². The average molecular weight is 432 g/mol. The zero-order chi connectivity index (χ0) is 22.3. The van der Waals surface area contributed by atoms with Crippen LogP contribution in [0, 0.1) is 0 Å². The van der Waals surface area contributed by atoms with E-state index >= 15 is 0 Å². The van der Waals surface area contributed by atoms with E-state index in [4.69, 9.17) is 14.2 Å². The summed E-state index contributed by atoms with van der Waals surface area (Å²) in [6.07, 6.45) is -0.548. The van der Waals surface area contributed by atoms with E-state index in [2.05, 4.69) is 5.32 Å². The molecule has 1 heterocycles. The first kappa shape index (κ1) is 21.2. The van der Waals surface area contributed by atoms with Gasteiger partial charge in [0.2, 0.25) is 0 Å². The molecule has 0 atom stereocenters. The smallest absolute Gasteiger partial charge is 0.411 e. The number of hydrogen-bond acceptors (Lipinski definition) is 5. The van der Waals surface area contributed by atoms with Crippen molar-refractivity contribution in [3.05, 3.63) is 89.5 Å². The highest BCUT2D eigenvalue weighted by Crippen LogP contribution is 2.28. The second-order valence-corrected chi connectivity index (χ2v) is 7.40. The zero-order valence-electron chi connectivity index (χ0n) is 17.7. The Balaban J connectivity index is 1.43. The summed E-state index contributed by atoms with van der Waals surface area (Å²) in [6.45, 7) is 0.933. The number of nitrogens with zero attached hydrogens (tertiary/aromatic N) is 1. The maximum absolute atomic E-state index is 12.6. The number of anilines is 1. The Morgan fingerprint density at radius 1 is 1.03 bits per heavy atom. The van der Waals surface area contributed by atoms with Gasteiger partial charge in [0.25, 0.3) is 5.91 Å². The van der Waals surface area contributed by atoms with Gasteiger partial charge in [-0.3, -0.25) is 10.1 Å². The van der Waals surface area contributed by atoms with Gasteiger partial charge in [0.05, 0.1) is 7.11 Å². The minimum Gasteiger partial charge on any atom is -0.497 e. The van der Waals surface area contributed by atoms with Crippen LogP contribution < -0.4 is 14.8 Å². The molecule has 0 saturated carbocycles. The number of rotatable bonds is 6. The molecule has 7 heteroatoms. The molecular formula is C25H24N2O5. The fourth-order valence-electron chi connectivity index (χ4n) is 3.46. The van der Waals surface area contributed by atoms with Gasteiger partial charge in [-0.05, 0) is 41.5 Å².